The van der Waals surface area contributed by atoms with E-state index in [2.05, 4.69) is 20.7 Å². The summed E-state index contributed by atoms with van der Waals surface area (Å²) in [5, 5.41) is 10.0. The standard InChI is InChI=1S/C17H20N6O/c1-14(11-22-10-9-18-13-22)20-17(24)21-16-7-8-19-23(16)12-15-5-3-2-4-6-15/h2-10,13-14H,11-12H2,1H3,(H2,20,21,24)/t14-/m0/s1. The Kier molecular flexibility index (Phi) is 4.90. The highest BCUT2D eigenvalue weighted by Crippen LogP contribution is 2.10. The summed E-state index contributed by atoms with van der Waals surface area (Å²) in [6, 6.07) is 11.5. The zero-order valence-corrected chi connectivity index (χ0v) is 13.5. The number of anilines is 1. The molecule has 0 radical (unpaired) electrons. The van der Waals surface area contributed by atoms with Crippen LogP contribution in [0.5, 0.6) is 0 Å². The van der Waals surface area contributed by atoms with Crippen LogP contribution in [0.25, 0.3) is 0 Å². The van der Waals surface area contributed by atoms with Crippen molar-refractivity contribution >= 4 is 11.8 Å². The van der Waals surface area contributed by atoms with Crippen molar-refractivity contribution in [2.75, 3.05) is 5.32 Å². The number of urea groups is 1. The van der Waals surface area contributed by atoms with Gasteiger partial charge in [0.15, 0.2) is 0 Å². The Morgan fingerprint density at radius 1 is 1.21 bits per heavy atom. The van der Waals surface area contributed by atoms with Crippen LogP contribution < -0.4 is 10.6 Å². The summed E-state index contributed by atoms with van der Waals surface area (Å²) in [4.78, 5) is 16.2. The molecule has 2 amide bonds. The molecule has 2 aromatic heterocycles. The average molecular weight is 324 g/mol. The molecule has 124 valence electrons. The van der Waals surface area contributed by atoms with Crippen LogP contribution in [-0.4, -0.2) is 31.4 Å². The molecule has 2 N–H and O–H groups in total. The molecule has 0 aliphatic rings. The first-order valence-corrected chi connectivity index (χ1v) is 7.80. The van der Waals surface area contributed by atoms with Gasteiger partial charge in [0, 0.05) is 31.0 Å². The van der Waals surface area contributed by atoms with Gasteiger partial charge >= 0.3 is 6.03 Å². The molecule has 0 aliphatic heterocycles. The summed E-state index contributed by atoms with van der Waals surface area (Å²) in [6.07, 6.45) is 6.98. The minimum absolute atomic E-state index is 0.0234. The third kappa shape index (κ3) is 4.22. The molecule has 7 nitrogen and oxygen atoms in total. The molecule has 0 saturated heterocycles. The molecule has 3 aromatic rings. The lowest BCUT2D eigenvalue weighted by atomic mass is 10.2. The van der Waals surface area contributed by atoms with Gasteiger partial charge in [-0.05, 0) is 12.5 Å². The Bertz CT molecular complexity index is 766. The van der Waals surface area contributed by atoms with Crippen molar-refractivity contribution in [1.82, 2.24) is 24.6 Å². The molecule has 0 fully saturated rings. The molecule has 0 bridgehead atoms. The number of aromatic nitrogens is 4. The normalized spacial score (nSPS) is 11.9. The fraction of sp³-hybridized carbons (Fsp3) is 0.235. The third-order valence-electron chi connectivity index (χ3n) is 3.55. The Hall–Kier alpha value is -3.09. The van der Waals surface area contributed by atoms with Crippen molar-refractivity contribution < 1.29 is 4.79 Å². The molecular weight excluding hydrogens is 304 g/mol. The Morgan fingerprint density at radius 3 is 2.79 bits per heavy atom. The summed E-state index contributed by atoms with van der Waals surface area (Å²) in [5.74, 6) is 0.659. The molecular formula is C17H20N6O. The van der Waals surface area contributed by atoms with Crippen molar-refractivity contribution in [3.05, 3.63) is 66.9 Å². The molecule has 0 spiro atoms. The number of hydrogen-bond acceptors (Lipinski definition) is 3. The van der Waals surface area contributed by atoms with Gasteiger partial charge in [-0.25, -0.2) is 14.5 Å². The van der Waals surface area contributed by atoms with Crippen molar-refractivity contribution in [3.63, 3.8) is 0 Å². The second kappa shape index (κ2) is 7.45. The number of rotatable bonds is 6. The average Bonchev–Trinajstić information content (AvgIpc) is 3.21. The Balaban J connectivity index is 1.56. The zero-order valence-electron chi connectivity index (χ0n) is 13.5. The van der Waals surface area contributed by atoms with Gasteiger partial charge in [0.1, 0.15) is 5.82 Å². The predicted octanol–water partition coefficient (Wildman–Crippen LogP) is 2.34. The van der Waals surface area contributed by atoms with E-state index < -0.39 is 0 Å². The number of carbonyl (C=O) groups excluding carboxylic acids is 1. The minimum atomic E-state index is -0.252. The summed E-state index contributed by atoms with van der Waals surface area (Å²) in [7, 11) is 0. The van der Waals surface area contributed by atoms with Crippen LogP contribution >= 0.6 is 0 Å². The van der Waals surface area contributed by atoms with Gasteiger partial charge in [-0.1, -0.05) is 30.3 Å². The number of amides is 2. The van der Waals surface area contributed by atoms with E-state index in [1.54, 1.807) is 29.5 Å². The van der Waals surface area contributed by atoms with Gasteiger partial charge in [-0.3, -0.25) is 5.32 Å². The van der Waals surface area contributed by atoms with E-state index in [1.807, 2.05) is 48.0 Å². The summed E-state index contributed by atoms with van der Waals surface area (Å²) >= 11 is 0. The van der Waals surface area contributed by atoms with Crippen LogP contribution in [0.2, 0.25) is 0 Å². The lowest BCUT2D eigenvalue weighted by molar-refractivity contribution is 0.248. The number of nitrogens with one attached hydrogen (secondary N) is 2. The van der Waals surface area contributed by atoms with Gasteiger partial charge in [0.2, 0.25) is 0 Å². The number of hydrogen-bond donors (Lipinski definition) is 2. The predicted molar refractivity (Wildman–Crippen MR) is 91.6 cm³/mol. The van der Waals surface area contributed by atoms with Crippen LogP contribution in [-0.2, 0) is 13.1 Å². The first kappa shape index (κ1) is 15.8. The van der Waals surface area contributed by atoms with E-state index in [0.717, 1.165) is 5.56 Å². The van der Waals surface area contributed by atoms with E-state index in [1.165, 1.54) is 0 Å². The second-order valence-electron chi connectivity index (χ2n) is 5.62. The van der Waals surface area contributed by atoms with Crippen LogP contribution in [0.15, 0.2) is 61.3 Å². The molecule has 0 saturated carbocycles. The highest BCUT2D eigenvalue weighted by molar-refractivity contribution is 5.88. The molecule has 3 rings (SSSR count). The molecule has 7 heteroatoms. The summed E-state index contributed by atoms with van der Waals surface area (Å²) in [6.45, 7) is 3.21. The largest absolute Gasteiger partial charge is 0.335 e. The lowest BCUT2D eigenvalue weighted by Gasteiger charge is -2.15. The van der Waals surface area contributed by atoms with Gasteiger partial charge < -0.3 is 9.88 Å². The molecule has 2 heterocycles. The first-order chi connectivity index (χ1) is 11.7. The zero-order chi connectivity index (χ0) is 16.8. The van der Waals surface area contributed by atoms with Crippen molar-refractivity contribution in [2.24, 2.45) is 0 Å². The topological polar surface area (TPSA) is 76.8 Å². The molecule has 1 aromatic carbocycles. The van der Waals surface area contributed by atoms with Crippen LogP contribution in [0.1, 0.15) is 12.5 Å². The summed E-state index contributed by atoms with van der Waals surface area (Å²) in [5.41, 5.74) is 1.12. The first-order valence-electron chi connectivity index (χ1n) is 7.80. The minimum Gasteiger partial charge on any atom is -0.335 e. The van der Waals surface area contributed by atoms with Crippen molar-refractivity contribution in [3.8, 4) is 0 Å². The molecule has 0 aliphatic carbocycles. The quantitative estimate of drug-likeness (QED) is 0.730. The van der Waals surface area contributed by atoms with Crippen LogP contribution in [0, 0.1) is 0 Å². The van der Waals surface area contributed by atoms with Gasteiger partial charge in [-0.15, -0.1) is 0 Å². The molecule has 24 heavy (non-hydrogen) atoms. The summed E-state index contributed by atoms with van der Waals surface area (Å²) < 4.78 is 3.68. The molecule has 1 atom stereocenters. The van der Waals surface area contributed by atoms with E-state index >= 15 is 0 Å². The van der Waals surface area contributed by atoms with E-state index in [9.17, 15) is 4.79 Å². The van der Waals surface area contributed by atoms with E-state index in [0.29, 0.717) is 18.9 Å². The van der Waals surface area contributed by atoms with Crippen molar-refractivity contribution in [1.29, 1.82) is 0 Å². The monoisotopic (exact) mass is 324 g/mol. The van der Waals surface area contributed by atoms with Crippen LogP contribution in [0.3, 0.4) is 0 Å². The maximum absolute atomic E-state index is 12.2. The SMILES string of the molecule is C[C@@H](Cn1ccnc1)NC(=O)Nc1ccnn1Cc1ccccc1. The van der Waals surface area contributed by atoms with Gasteiger partial charge in [0.25, 0.3) is 0 Å². The highest BCUT2D eigenvalue weighted by Gasteiger charge is 2.10. The maximum Gasteiger partial charge on any atom is 0.320 e. The van der Waals surface area contributed by atoms with Gasteiger partial charge in [0.05, 0.1) is 19.1 Å². The number of imidazole rings is 1. The third-order valence-corrected chi connectivity index (χ3v) is 3.55. The smallest absolute Gasteiger partial charge is 0.320 e. The van der Waals surface area contributed by atoms with Crippen molar-refractivity contribution in [2.45, 2.75) is 26.1 Å². The number of carbonyl (C=O) groups is 1. The number of nitrogens with zero attached hydrogens (tertiary/aromatic N) is 4. The number of benzene rings is 1. The maximum atomic E-state index is 12.2. The van der Waals surface area contributed by atoms with Crippen LogP contribution in [0.4, 0.5) is 10.6 Å². The van der Waals surface area contributed by atoms with Gasteiger partial charge in [-0.2, -0.15) is 5.10 Å². The van der Waals surface area contributed by atoms with E-state index in [4.69, 9.17) is 0 Å². The Morgan fingerprint density at radius 2 is 2.04 bits per heavy atom. The van der Waals surface area contributed by atoms with E-state index in [-0.39, 0.29) is 12.1 Å². The molecule has 0 unspecified atom stereocenters. The lowest BCUT2D eigenvalue weighted by Crippen LogP contribution is -2.38. The highest BCUT2D eigenvalue weighted by atomic mass is 16.2. The fourth-order valence-electron chi connectivity index (χ4n) is 2.45. The second-order valence-corrected chi connectivity index (χ2v) is 5.62. The fourth-order valence-corrected chi connectivity index (χ4v) is 2.45. The Labute approximate surface area is 140 Å².